The summed E-state index contributed by atoms with van der Waals surface area (Å²) in [5, 5.41) is 7.19. The van der Waals surface area contributed by atoms with Crippen LogP contribution in [0, 0.1) is 0 Å². The molecule has 0 amide bonds. The first kappa shape index (κ1) is 16.9. The molecule has 0 atom stereocenters. The van der Waals surface area contributed by atoms with Crippen molar-refractivity contribution < 1.29 is 9.47 Å². The van der Waals surface area contributed by atoms with Crippen molar-refractivity contribution in [2.24, 2.45) is 0 Å². The molecule has 0 unspecified atom stereocenters. The van der Waals surface area contributed by atoms with Crippen LogP contribution in [0.25, 0.3) is 0 Å². The number of thiocarbonyl (C=S) groups is 1. The highest BCUT2D eigenvalue weighted by molar-refractivity contribution is 9.10. The number of hydrogen-bond donors (Lipinski definition) is 2. The number of hydrogen-bond acceptors (Lipinski definition) is 3. The number of anilines is 2. The smallest absolute Gasteiger partial charge is 0.175 e. The zero-order valence-corrected chi connectivity index (χ0v) is 15.1. The Labute approximate surface area is 147 Å². The van der Waals surface area contributed by atoms with Gasteiger partial charge in [0.05, 0.1) is 19.2 Å². The topological polar surface area (TPSA) is 42.5 Å². The third kappa shape index (κ3) is 4.50. The maximum absolute atomic E-state index is 6.05. The quantitative estimate of drug-likeness (QED) is 0.711. The Hall–Kier alpha value is -1.50. The summed E-state index contributed by atoms with van der Waals surface area (Å²) in [7, 11) is 3.19. The predicted octanol–water partition coefficient (Wildman–Crippen LogP) is 4.93. The highest BCUT2D eigenvalue weighted by Crippen LogP contribution is 2.27. The van der Waals surface area contributed by atoms with Gasteiger partial charge in [-0.25, -0.2) is 0 Å². The molecule has 0 bridgehead atoms. The first-order valence-corrected chi connectivity index (χ1v) is 7.86. The van der Waals surface area contributed by atoms with E-state index in [9.17, 15) is 0 Å². The normalized spacial score (nSPS) is 10.0. The SMILES string of the molecule is COc1cc(NC(=S)Nc2ccc(Br)c(Cl)c2)cc(OC)c1. The zero-order chi connectivity index (χ0) is 16.1. The van der Waals surface area contributed by atoms with E-state index in [0.29, 0.717) is 21.6 Å². The van der Waals surface area contributed by atoms with E-state index >= 15 is 0 Å². The van der Waals surface area contributed by atoms with E-state index in [2.05, 4.69) is 26.6 Å². The van der Waals surface area contributed by atoms with Crippen LogP contribution >= 0.6 is 39.7 Å². The van der Waals surface area contributed by atoms with Crippen LogP contribution in [0.3, 0.4) is 0 Å². The molecule has 0 radical (unpaired) electrons. The largest absolute Gasteiger partial charge is 0.497 e. The van der Waals surface area contributed by atoms with Crippen molar-refractivity contribution in [3.05, 3.63) is 45.9 Å². The standard InChI is InChI=1S/C15H14BrClN2O2S/c1-20-11-5-10(6-12(8-11)21-2)19-15(22)18-9-3-4-13(16)14(17)7-9/h3-8H,1-2H3,(H2,18,19,22). The highest BCUT2D eigenvalue weighted by atomic mass is 79.9. The van der Waals surface area contributed by atoms with Gasteiger partial charge in [-0.15, -0.1) is 0 Å². The maximum Gasteiger partial charge on any atom is 0.175 e. The highest BCUT2D eigenvalue weighted by Gasteiger charge is 2.05. The lowest BCUT2D eigenvalue weighted by Gasteiger charge is -2.13. The summed E-state index contributed by atoms with van der Waals surface area (Å²) in [6.45, 7) is 0. The molecule has 0 saturated heterocycles. The van der Waals surface area contributed by atoms with Gasteiger partial charge < -0.3 is 20.1 Å². The minimum atomic E-state index is 0.439. The first-order valence-electron chi connectivity index (χ1n) is 6.28. The summed E-state index contributed by atoms with van der Waals surface area (Å²) in [6.07, 6.45) is 0. The second-order valence-electron chi connectivity index (χ2n) is 4.31. The Balaban J connectivity index is 2.09. The van der Waals surface area contributed by atoms with Crippen LogP contribution in [0.15, 0.2) is 40.9 Å². The second kappa shape index (κ2) is 7.67. The minimum absolute atomic E-state index is 0.439. The van der Waals surface area contributed by atoms with Gasteiger partial charge >= 0.3 is 0 Å². The van der Waals surface area contributed by atoms with E-state index in [4.69, 9.17) is 33.3 Å². The molecule has 0 spiro atoms. The van der Waals surface area contributed by atoms with E-state index in [1.54, 1.807) is 26.4 Å². The lowest BCUT2D eigenvalue weighted by atomic mass is 10.3. The summed E-state index contributed by atoms with van der Waals surface area (Å²) in [6, 6.07) is 10.9. The Kier molecular flexibility index (Phi) is 5.88. The monoisotopic (exact) mass is 400 g/mol. The van der Waals surface area contributed by atoms with E-state index in [-0.39, 0.29) is 0 Å². The molecule has 0 saturated carbocycles. The molecule has 4 nitrogen and oxygen atoms in total. The lowest BCUT2D eigenvalue weighted by molar-refractivity contribution is 0.395. The Morgan fingerprint density at radius 3 is 2.14 bits per heavy atom. The van der Waals surface area contributed by atoms with Crippen LogP contribution in [0.5, 0.6) is 11.5 Å². The Bertz CT molecular complexity index is 675. The maximum atomic E-state index is 6.05. The van der Waals surface area contributed by atoms with Crippen LogP contribution in [0.4, 0.5) is 11.4 Å². The van der Waals surface area contributed by atoms with E-state index in [1.165, 1.54) is 0 Å². The zero-order valence-electron chi connectivity index (χ0n) is 11.9. The van der Waals surface area contributed by atoms with E-state index in [1.807, 2.05) is 24.3 Å². The lowest BCUT2D eigenvalue weighted by Crippen LogP contribution is -2.19. The van der Waals surface area contributed by atoms with Gasteiger partial charge in [0, 0.05) is 34.0 Å². The van der Waals surface area contributed by atoms with Gasteiger partial charge in [-0.1, -0.05) is 11.6 Å². The summed E-state index contributed by atoms with van der Waals surface area (Å²) >= 11 is 14.7. The number of rotatable bonds is 4. The van der Waals surface area contributed by atoms with Crippen molar-refractivity contribution in [1.29, 1.82) is 0 Å². The fourth-order valence-electron chi connectivity index (χ4n) is 1.75. The number of halogens is 2. The number of ether oxygens (including phenoxy) is 2. The van der Waals surface area contributed by atoms with Gasteiger partial charge in [-0.05, 0) is 46.3 Å². The Morgan fingerprint density at radius 1 is 1.00 bits per heavy atom. The van der Waals surface area contributed by atoms with Gasteiger partial charge in [0.2, 0.25) is 0 Å². The summed E-state index contributed by atoms with van der Waals surface area (Å²) < 4.78 is 11.3. The Morgan fingerprint density at radius 2 is 1.59 bits per heavy atom. The predicted molar refractivity (Wildman–Crippen MR) is 98.5 cm³/mol. The first-order chi connectivity index (χ1) is 10.5. The van der Waals surface area contributed by atoms with Gasteiger partial charge in [0.1, 0.15) is 11.5 Å². The fourth-order valence-corrected chi connectivity index (χ4v) is 2.41. The fraction of sp³-hybridized carbons (Fsp3) is 0.133. The van der Waals surface area contributed by atoms with Crippen molar-refractivity contribution >= 4 is 56.2 Å². The molecule has 0 aliphatic rings. The number of methoxy groups -OCH3 is 2. The summed E-state index contributed by atoms with van der Waals surface area (Å²) in [4.78, 5) is 0. The van der Waals surface area contributed by atoms with Crippen molar-refractivity contribution in [3.8, 4) is 11.5 Å². The molecular weight excluding hydrogens is 388 g/mol. The van der Waals surface area contributed by atoms with Crippen molar-refractivity contribution in [1.82, 2.24) is 0 Å². The summed E-state index contributed by atoms with van der Waals surface area (Å²) in [5.74, 6) is 1.35. The minimum Gasteiger partial charge on any atom is -0.497 e. The molecular formula is C15H14BrClN2O2S. The average molecular weight is 402 g/mol. The third-order valence-electron chi connectivity index (χ3n) is 2.79. The van der Waals surface area contributed by atoms with Crippen molar-refractivity contribution in [2.45, 2.75) is 0 Å². The molecule has 116 valence electrons. The van der Waals surface area contributed by atoms with Crippen LogP contribution in [-0.2, 0) is 0 Å². The van der Waals surface area contributed by atoms with E-state index in [0.717, 1.165) is 15.8 Å². The van der Waals surface area contributed by atoms with Crippen LogP contribution < -0.4 is 20.1 Å². The third-order valence-corrected chi connectivity index (χ3v) is 4.22. The van der Waals surface area contributed by atoms with Gasteiger partial charge in [-0.2, -0.15) is 0 Å². The molecule has 2 aromatic carbocycles. The average Bonchev–Trinajstić information content (AvgIpc) is 2.50. The second-order valence-corrected chi connectivity index (χ2v) is 5.98. The molecule has 0 heterocycles. The van der Waals surface area contributed by atoms with Crippen molar-refractivity contribution in [2.75, 3.05) is 24.9 Å². The number of nitrogens with one attached hydrogen (secondary N) is 2. The molecule has 2 aromatic rings. The number of benzene rings is 2. The molecule has 0 aliphatic carbocycles. The van der Waals surface area contributed by atoms with Crippen LogP contribution in [-0.4, -0.2) is 19.3 Å². The molecule has 0 aromatic heterocycles. The molecule has 2 N–H and O–H groups in total. The van der Waals surface area contributed by atoms with Gasteiger partial charge in [0.25, 0.3) is 0 Å². The van der Waals surface area contributed by atoms with Crippen LogP contribution in [0.2, 0.25) is 5.02 Å². The summed E-state index contributed by atoms with van der Waals surface area (Å²) in [5.41, 5.74) is 1.55. The molecule has 22 heavy (non-hydrogen) atoms. The van der Waals surface area contributed by atoms with Crippen LogP contribution in [0.1, 0.15) is 0 Å². The van der Waals surface area contributed by atoms with E-state index < -0.39 is 0 Å². The molecule has 2 rings (SSSR count). The molecule has 0 aliphatic heterocycles. The van der Waals surface area contributed by atoms with Gasteiger partial charge in [-0.3, -0.25) is 0 Å². The van der Waals surface area contributed by atoms with Crippen molar-refractivity contribution in [3.63, 3.8) is 0 Å². The molecule has 7 heteroatoms. The molecule has 0 fully saturated rings. The van der Waals surface area contributed by atoms with Gasteiger partial charge in [0.15, 0.2) is 5.11 Å².